The van der Waals surface area contributed by atoms with Crippen LogP contribution in [0.2, 0.25) is 0 Å². The Balaban J connectivity index is 1.57. The SMILES string of the molecule is CC1(N)CN(CCCOc2ccccc2)C1. The number of para-hydroxylation sites is 1. The van der Waals surface area contributed by atoms with Gasteiger partial charge < -0.3 is 10.5 Å². The largest absolute Gasteiger partial charge is 0.494 e. The Morgan fingerprint density at radius 3 is 2.62 bits per heavy atom. The van der Waals surface area contributed by atoms with Gasteiger partial charge in [0.2, 0.25) is 0 Å². The van der Waals surface area contributed by atoms with E-state index in [4.69, 9.17) is 10.5 Å². The lowest BCUT2D eigenvalue weighted by Gasteiger charge is -2.45. The number of rotatable bonds is 5. The monoisotopic (exact) mass is 220 g/mol. The van der Waals surface area contributed by atoms with Crippen LogP contribution in [0.1, 0.15) is 13.3 Å². The maximum absolute atomic E-state index is 5.93. The van der Waals surface area contributed by atoms with Crippen molar-refractivity contribution >= 4 is 0 Å². The highest BCUT2D eigenvalue weighted by molar-refractivity contribution is 5.20. The molecule has 1 fully saturated rings. The molecule has 0 radical (unpaired) electrons. The third kappa shape index (κ3) is 3.22. The molecule has 0 bridgehead atoms. The molecule has 2 N–H and O–H groups in total. The minimum atomic E-state index is 0.0420. The third-order valence-corrected chi connectivity index (χ3v) is 2.80. The Morgan fingerprint density at radius 2 is 2.00 bits per heavy atom. The molecule has 0 amide bonds. The van der Waals surface area contributed by atoms with Crippen molar-refractivity contribution in [2.45, 2.75) is 18.9 Å². The van der Waals surface area contributed by atoms with Crippen LogP contribution in [-0.4, -0.2) is 36.7 Å². The first-order chi connectivity index (χ1) is 7.66. The van der Waals surface area contributed by atoms with Crippen molar-refractivity contribution in [1.82, 2.24) is 4.90 Å². The quantitative estimate of drug-likeness (QED) is 0.764. The molecule has 3 heteroatoms. The summed E-state index contributed by atoms with van der Waals surface area (Å²) in [6.45, 7) is 5.99. The van der Waals surface area contributed by atoms with Crippen LogP contribution in [0.25, 0.3) is 0 Å². The van der Waals surface area contributed by atoms with E-state index < -0.39 is 0 Å². The van der Waals surface area contributed by atoms with Gasteiger partial charge in [-0.3, -0.25) is 4.90 Å². The summed E-state index contributed by atoms with van der Waals surface area (Å²) in [5.41, 5.74) is 5.98. The third-order valence-electron chi connectivity index (χ3n) is 2.80. The molecule has 1 aliphatic rings. The summed E-state index contributed by atoms with van der Waals surface area (Å²) < 4.78 is 5.62. The zero-order valence-electron chi connectivity index (χ0n) is 9.86. The first kappa shape index (κ1) is 11.4. The first-order valence-corrected chi connectivity index (χ1v) is 5.85. The molecule has 2 rings (SSSR count). The van der Waals surface area contributed by atoms with Gasteiger partial charge in [-0.15, -0.1) is 0 Å². The standard InChI is InChI=1S/C13H20N2O/c1-13(14)10-15(11-13)8-5-9-16-12-6-3-2-4-7-12/h2-4,6-7H,5,8-11,14H2,1H3. The van der Waals surface area contributed by atoms with Gasteiger partial charge in [0.15, 0.2) is 0 Å². The van der Waals surface area contributed by atoms with E-state index in [1.54, 1.807) is 0 Å². The van der Waals surface area contributed by atoms with E-state index in [0.717, 1.165) is 38.4 Å². The predicted octanol–water partition coefficient (Wildman–Crippen LogP) is 1.49. The fourth-order valence-electron chi connectivity index (χ4n) is 2.13. The molecule has 0 aromatic heterocycles. The zero-order chi connectivity index (χ0) is 11.4. The van der Waals surface area contributed by atoms with Gasteiger partial charge in [-0.2, -0.15) is 0 Å². The van der Waals surface area contributed by atoms with E-state index in [1.165, 1.54) is 0 Å². The lowest BCUT2D eigenvalue weighted by atomic mass is 9.94. The van der Waals surface area contributed by atoms with Crippen LogP contribution < -0.4 is 10.5 Å². The second-order valence-electron chi connectivity index (χ2n) is 4.88. The van der Waals surface area contributed by atoms with Crippen LogP contribution >= 0.6 is 0 Å². The highest BCUT2D eigenvalue weighted by atomic mass is 16.5. The lowest BCUT2D eigenvalue weighted by molar-refractivity contribution is 0.0780. The molecule has 0 spiro atoms. The van der Waals surface area contributed by atoms with Gasteiger partial charge in [-0.1, -0.05) is 18.2 Å². The molecule has 16 heavy (non-hydrogen) atoms. The van der Waals surface area contributed by atoms with Gasteiger partial charge in [0.25, 0.3) is 0 Å². The van der Waals surface area contributed by atoms with Crippen molar-refractivity contribution in [3.05, 3.63) is 30.3 Å². The van der Waals surface area contributed by atoms with Crippen LogP contribution in [0, 0.1) is 0 Å². The average Bonchev–Trinajstić information content (AvgIpc) is 2.23. The van der Waals surface area contributed by atoms with E-state index in [2.05, 4.69) is 11.8 Å². The van der Waals surface area contributed by atoms with Gasteiger partial charge in [0.1, 0.15) is 5.75 Å². The van der Waals surface area contributed by atoms with Crippen LogP contribution in [0.5, 0.6) is 5.75 Å². The average molecular weight is 220 g/mol. The molecule has 1 heterocycles. The Kier molecular flexibility index (Phi) is 3.46. The molecule has 0 aliphatic carbocycles. The predicted molar refractivity (Wildman–Crippen MR) is 65.6 cm³/mol. The Labute approximate surface area is 97.2 Å². The highest BCUT2D eigenvalue weighted by Gasteiger charge is 2.33. The van der Waals surface area contributed by atoms with Gasteiger partial charge >= 0.3 is 0 Å². The molecular formula is C13H20N2O. The van der Waals surface area contributed by atoms with Crippen LogP contribution in [0.3, 0.4) is 0 Å². The summed E-state index contributed by atoms with van der Waals surface area (Å²) in [7, 11) is 0. The van der Waals surface area contributed by atoms with Crippen LogP contribution in [0.4, 0.5) is 0 Å². The maximum atomic E-state index is 5.93. The Bertz CT molecular complexity index is 316. The van der Waals surface area contributed by atoms with E-state index in [0.29, 0.717) is 0 Å². The summed E-state index contributed by atoms with van der Waals surface area (Å²) in [5, 5.41) is 0. The van der Waals surface area contributed by atoms with E-state index in [9.17, 15) is 0 Å². The molecule has 88 valence electrons. The zero-order valence-corrected chi connectivity index (χ0v) is 9.86. The molecule has 1 aliphatic heterocycles. The highest BCUT2D eigenvalue weighted by Crippen LogP contribution is 2.17. The number of hydrogen-bond acceptors (Lipinski definition) is 3. The van der Waals surface area contributed by atoms with Gasteiger partial charge in [-0.05, 0) is 25.5 Å². The fraction of sp³-hybridized carbons (Fsp3) is 0.538. The smallest absolute Gasteiger partial charge is 0.119 e. The van der Waals surface area contributed by atoms with E-state index >= 15 is 0 Å². The van der Waals surface area contributed by atoms with Crippen LogP contribution in [0.15, 0.2) is 30.3 Å². The second-order valence-corrected chi connectivity index (χ2v) is 4.88. The first-order valence-electron chi connectivity index (χ1n) is 5.85. The Hall–Kier alpha value is -1.06. The van der Waals surface area contributed by atoms with E-state index in [1.807, 2.05) is 30.3 Å². The number of nitrogens with two attached hydrogens (primary N) is 1. The molecule has 1 saturated heterocycles. The number of hydrogen-bond donors (Lipinski definition) is 1. The summed E-state index contributed by atoms with van der Waals surface area (Å²) in [6, 6.07) is 9.95. The minimum absolute atomic E-state index is 0.0420. The van der Waals surface area contributed by atoms with Crippen molar-refractivity contribution < 1.29 is 4.74 Å². The van der Waals surface area contributed by atoms with Crippen molar-refractivity contribution in [2.24, 2.45) is 5.73 Å². The van der Waals surface area contributed by atoms with Crippen molar-refractivity contribution in [3.8, 4) is 5.75 Å². The molecule has 0 atom stereocenters. The van der Waals surface area contributed by atoms with Crippen molar-refractivity contribution in [3.63, 3.8) is 0 Å². The molecule has 0 unspecified atom stereocenters. The fourth-order valence-corrected chi connectivity index (χ4v) is 2.13. The normalized spacial score (nSPS) is 19.1. The van der Waals surface area contributed by atoms with E-state index in [-0.39, 0.29) is 5.54 Å². The molecule has 3 nitrogen and oxygen atoms in total. The summed E-state index contributed by atoms with van der Waals surface area (Å²) >= 11 is 0. The summed E-state index contributed by atoms with van der Waals surface area (Å²) in [5.74, 6) is 0.953. The molecular weight excluding hydrogens is 200 g/mol. The number of benzene rings is 1. The summed E-state index contributed by atoms with van der Waals surface area (Å²) in [4.78, 5) is 2.37. The van der Waals surface area contributed by atoms with Crippen molar-refractivity contribution in [1.29, 1.82) is 0 Å². The number of ether oxygens (including phenoxy) is 1. The van der Waals surface area contributed by atoms with Gasteiger partial charge in [0.05, 0.1) is 6.61 Å². The van der Waals surface area contributed by atoms with Crippen molar-refractivity contribution in [2.75, 3.05) is 26.2 Å². The maximum Gasteiger partial charge on any atom is 0.119 e. The number of likely N-dealkylation sites (tertiary alicyclic amines) is 1. The lowest BCUT2D eigenvalue weighted by Crippen LogP contribution is -2.65. The molecule has 1 aromatic rings. The van der Waals surface area contributed by atoms with Gasteiger partial charge in [0, 0.05) is 25.2 Å². The minimum Gasteiger partial charge on any atom is -0.494 e. The second kappa shape index (κ2) is 4.85. The topological polar surface area (TPSA) is 38.5 Å². The van der Waals surface area contributed by atoms with Gasteiger partial charge in [-0.25, -0.2) is 0 Å². The Morgan fingerprint density at radius 1 is 1.31 bits per heavy atom. The molecule has 0 saturated carbocycles. The number of nitrogens with zero attached hydrogens (tertiary/aromatic N) is 1. The van der Waals surface area contributed by atoms with Crippen LogP contribution in [-0.2, 0) is 0 Å². The molecule has 1 aromatic carbocycles. The summed E-state index contributed by atoms with van der Waals surface area (Å²) in [6.07, 6.45) is 1.06.